The number of fused-ring (bicyclic) bond motifs is 2. The quantitative estimate of drug-likeness (QED) is 0.649. The van der Waals surface area contributed by atoms with Gasteiger partial charge in [-0.05, 0) is 30.4 Å². The highest BCUT2D eigenvalue weighted by Gasteiger charge is 2.29. The lowest BCUT2D eigenvalue weighted by Crippen LogP contribution is -2.23. The van der Waals surface area contributed by atoms with Crippen molar-refractivity contribution in [3.05, 3.63) is 70.3 Å². The van der Waals surface area contributed by atoms with Crippen molar-refractivity contribution in [1.29, 1.82) is 0 Å². The summed E-state index contributed by atoms with van der Waals surface area (Å²) >= 11 is 0. The van der Waals surface area contributed by atoms with Crippen LogP contribution in [0.15, 0.2) is 42.5 Å². The summed E-state index contributed by atoms with van der Waals surface area (Å²) in [5, 5.41) is 0. The van der Waals surface area contributed by atoms with Gasteiger partial charge in [0.25, 0.3) is 0 Å². The van der Waals surface area contributed by atoms with E-state index in [1.54, 1.807) is 0 Å². The minimum atomic E-state index is 0.0557. The van der Waals surface area contributed by atoms with Gasteiger partial charge >= 0.3 is 0 Å². The molecule has 1 fully saturated rings. The van der Waals surface area contributed by atoms with E-state index in [4.69, 9.17) is 0 Å². The highest BCUT2D eigenvalue weighted by Crippen LogP contribution is 2.33. The second kappa shape index (κ2) is 5.77. The second-order valence-corrected chi connectivity index (χ2v) is 6.69. The summed E-state index contributed by atoms with van der Waals surface area (Å²) < 4.78 is 0. The van der Waals surface area contributed by atoms with E-state index in [2.05, 4.69) is 0 Å². The minimum absolute atomic E-state index is 0.0557. The van der Waals surface area contributed by atoms with E-state index in [0.717, 1.165) is 47.9 Å². The van der Waals surface area contributed by atoms with Crippen LogP contribution in [0.2, 0.25) is 0 Å². The molecule has 0 saturated heterocycles. The first kappa shape index (κ1) is 14.4. The molecule has 0 bridgehead atoms. The van der Waals surface area contributed by atoms with Gasteiger partial charge < -0.3 is 0 Å². The van der Waals surface area contributed by atoms with Crippen LogP contribution in [0.4, 0.5) is 0 Å². The molecule has 0 atom stereocenters. The third-order valence-electron chi connectivity index (χ3n) is 5.29. The molecule has 4 rings (SSSR count). The molecule has 2 aromatic rings. The van der Waals surface area contributed by atoms with Crippen molar-refractivity contribution >= 4 is 11.6 Å². The van der Waals surface area contributed by atoms with Gasteiger partial charge in [-0.25, -0.2) is 0 Å². The first-order valence-corrected chi connectivity index (χ1v) is 8.54. The van der Waals surface area contributed by atoms with Crippen LogP contribution in [0.3, 0.4) is 0 Å². The summed E-state index contributed by atoms with van der Waals surface area (Å²) in [6.07, 6.45) is 6.20. The van der Waals surface area contributed by atoms with Crippen molar-refractivity contribution < 1.29 is 9.59 Å². The molecular formula is C21H20O2. The monoisotopic (exact) mass is 304 g/mol. The molecule has 0 N–H and O–H groups in total. The normalized spacial score (nSPS) is 17.5. The predicted molar refractivity (Wildman–Crippen MR) is 90.0 cm³/mol. The standard InChI is InChI=1S/C21H20O2/c22-20(14-7-2-1-3-8-14)17-11-6-12-18-19(17)13-15-9-4-5-10-16(15)21(18)23/h4-6,9-12,14H,1-3,7-8,13H2. The topological polar surface area (TPSA) is 34.1 Å². The molecule has 0 heterocycles. The van der Waals surface area contributed by atoms with Crippen LogP contribution in [-0.2, 0) is 6.42 Å². The third-order valence-corrected chi connectivity index (χ3v) is 5.29. The SMILES string of the molecule is O=C1c2ccccc2Cc2c1cccc2C(=O)C1CCCCC1. The van der Waals surface area contributed by atoms with E-state index in [1.807, 2.05) is 42.5 Å². The Morgan fingerprint density at radius 1 is 0.870 bits per heavy atom. The molecule has 2 aliphatic carbocycles. The Bertz CT molecular complexity index is 782. The van der Waals surface area contributed by atoms with E-state index in [1.165, 1.54) is 6.42 Å². The average molecular weight is 304 g/mol. The van der Waals surface area contributed by atoms with Gasteiger partial charge in [-0.15, -0.1) is 0 Å². The molecule has 0 aliphatic heterocycles. The molecule has 116 valence electrons. The lowest BCUT2D eigenvalue weighted by atomic mass is 9.78. The highest BCUT2D eigenvalue weighted by atomic mass is 16.1. The maximum atomic E-state index is 13.0. The van der Waals surface area contributed by atoms with Crippen LogP contribution in [0.25, 0.3) is 0 Å². The minimum Gasteiger partial charge on any atom is -0.294 e. The fourth-order valence-corrected chi connectivity index (χ4v) is 4.04. The van der Waals surface area contributed by atoms with Crippen LogP contribution < -0.4 is 0 Å². The summed E-state index contributed by atoms with van der Waals surface area (Å²) in [7, 11) is 0. The van der Waals surface area contributed by atoms with Crippen molar-refractivity contribution in [3.63, 3.8) is 0 Å². The van der Waals surface area contributed by atoms with E-state index in [0.29, 0.717) is 12.0 Å². The van der Waals surface area contributed by atoms with E-state index < -0.39 is 0 Å². The van der Waals surface area contributed by atoms with Crippen molar-refractivity contribution in [3.8, 4) is 0 Å². The molecule has 23 heavy (non-hydrogen) atoms. The Hall–Kier alpha value is -2.22. The van der Waals surface area contributed by atoms with E-state index in [-0.39, 0.29) is 17.5 Å². The highest BCUT2D eigenvalue weighted by molar-refractivity contribution is 6.14. The lowest BCUT2D eigenvalue weighted by molar-refractivity contribution is 0.0888. The largest absolute Gasteiger partial charge is 0.294 e. The van der Waals surface area contributed by atoms with E-state index >= 15 is 0 Å². The number of Topliss-reactive ketones (excluding diaryl/α,β-unsaturated/α-hetero) is 1. The number of rotatable bonds is 2. The van der Waals surface area contributed by atoms with Crippen LogP contribution in [0, 0.1) is 5.92 Å². The third kappa shape index (κ3) is 2.42. The molecule has 0 unspecified atom stereocenters. The van der Waals surface area contributed by atoms with Gasteiger partial charge in [0, 0.05) is 22.6 Å². The van der Waals surface area contributed by atoms with Gasteiger partial charge in [0.1, 0.15) is 0 Å². The van der Waals surface area contributed by atoms with Crippen LogP contribution >= 0.6 is 0 Å². The molecule has 2 heteroatoms. The first-order valence-electron chi connectivity index (χ1n) is 8.54. The van der Waals surface area contributed by atoms with Gasteiger partial charge in [0.2, 0.25) is 0 Å². The summed E-state index contributed by atoms with van der Waals surface area (Å²) in [5.74, 6) is 0.441. The van der Waals surface area contributed by atoms with Crippen molar-refractivity contribution in [2.24, 2.45) is 5.92 Å². The Morgan fingerprint density at radius 2 is 1.61 bits per heavy atom. The van der Waals surface area contributed by atoms with Crippen LogP contribution in [-0.4, -0.2) is 11.6 Å². The number of benzene rings is 2. The van der Waals surface area contributed by atoms with Gasteiger partial charge in [-0.1, -0.05) is 61.7 Å². The number of hydrogen-bond donors (Lipinski definition) is 0. The molecule has 1 saturated carbocycles. The Labute approximate surface area is 136 Å². The van der Waals surface area contributed by atoms with E-state index in [9.17, 15) is 9.59 Å². The second-order valence-electron chi connectivity index (χ2n) is 6.69. The summed E-state index contributed by atoms with van der Waals surface area (Å²) in [6, 6.07) is 13.4. The van der Waals surface area contributed by atoms with Crippen LogP contribution in [0.1, 0.15) is 69.5 Å². The Morgan fingerprint density at radius 3 is 2.43 bits per heavy atom. The molecule has 0 spiro atoms. The summed E-state index contributed by atoms with van der Waals surface area (Å²) in [6.45, 7) is 0. The number of carbonyl (C=O) groups is 2. The zero-order valence-electron chi connectivity index (χ0n) is 13.2. The maximum absolute atomic E-state index is 13.0. The molecule has 2 nitrogen and oxygen atoms in total. The smallest absolute Gasteiger partial charge is 0.193 e. The number of hydrogen-bond acceptors (Lipinski definition) is 2. The summed E-state index contributed by atoms with van der Waals surface area (Å²) in [4.78, 5) is 25.7. The van der Waals surface area contributed by atoms with Crippen molar-refractivity contribution in [1.82, 2.24) is 0 Å². The number of carbonyl (C=O) groups excluding carboxylic acids is 2. The average Bonchev–Trinajstić information content (AvgIpc) is 2.62. The van der Waals surface area contributed by atoms with Gasteiger partial charge in [-0.3, -0.25) is 9.59 Å². The lowest BCUT2D eigenvalue weighted by Gasteiger charge is -2.24. The molecule has 2 aliphatic rings. The Balaban J connectivity index is 1.76. The van der Waals surface area contributed by atoms with Gasteiger partial charge in [0.05, 0.1) is 0 Å². The maximum Gasteiger partial charge on any atom is 0.193 e. The fourth-order valence-electron chi connectivity index (χ4n) is 4.04. The number of ketones is 2. The predicted octanol–water partition coefficient (Wildman–Crippen LogP) is 4.58. The van der Waals surface area contributed by atoms with Crippen molar-refractivity contribution in [2.75, 3.05) is 0 Å². The zero-order chi connectivity index (χ0) is 15.8. The van der Waals surface area contributed by atoms with Crippen LogP contribution in [0.5, 0.6) is 0 Å². The molecule has 0 aromatic heterocycles. The molecule has 2 aromatic carbocycles. The molecular weight excluding hydrogens is 284 g/mol. The van der Waals surface area contributed by atoms with Gasteiger partial charge in [0.15, 0.2) is 11.6 Å². The van der Waals surface area contributed by atoms with Crippen molar-refractivity contribution in [2.45, 2.75) is 38.5 Å². The summed E-state index contributed by atoms with van der Waals surface area (Å²) in [5.41, 5.74) is 4.24. The zero-order valence-corrected chi connectivity index (χ0v) is 13.2. The Kier molecular flexibility index (Phi) is 3.60. The first-order chi connectivity index (χ1) is 11.3. The molecule has 0 amide bonds. The van der Waals surface area contributed by atoms with Gasteiger partial charge in [-0.2, -0.15) is 0 Å². The fraction of sp³-hybridized carbons (Fsp3) is 0.333. The molecule has 0 radical (unpaired) electrons.